The van der Waals surface area contributed by atoms with E-state index in [-0.39, 0.29) is 17.6 Å². The van der Waals surface area contributed by atoms with Crippen LogP contribution >= 0.6 is 11.8 Å². The van der Waals surface area contributed by atoms with E-state index in [1.54, 1.807) is 11.8 Å². The molecule has 2 unspecified atom stereocenters. The van der Waals surface area contributed by atoms with Gasteiger partial charge in [0.05, 0.1) is 11.0 Å². The molecule has 1 aliphatic heterocycles. The zero-order valence-corrected chi connectivity index (χ0v) is 9.95. The Morgan fingerprint density at radius 1 is 1.47 bits per heavy atom. The lowest BCUT2D eigenvalue weighted by Crippen LogP contribution is -2.29. The Morgan fingerprint density at radius 3 is 2.82 bits per heavy atom. The van der Waals surface area contributed by atoms with Gasteiger partial charge in [0, 0.05) is 17.9 Å². The maximum Gasteiger partial charge on any atom is 0.272 e. The lowest BCUT2D eigenvalue weighted by Gasteiger charge is -2.13. The number of thioether (sulfide) groups is 1. The monoisotopic (exact) mass is 256 g/mol. The van der Waals surface area contributed by atoms with Crippen LogP contribution in [0.25, 0.3) is 0 Å². The fraction of sp³-hybridized carbons (Fsp3) is 0.455. The van der Waals surface area contributed by atoms with Crippen LogP contribution in [0.3, 0.4) is 0 Å². The molecular formula is C11H13FN2O2S. The summed E-state index contributed by atoms with van der Waals surface area (Å²) < 4.78 is 13.2. The minimum atomic E-state index is -0.574. The lowest BCUT2D eigenvalue weighted by atomic mass is 9.95. The van der Waals surface area contributed by atoms with E-state index in [1.165, 1.54) is 12.1 Å². The number of nitrogens with two attached hydrogens (primary N) is 1. The van der Waals surface area contributed by atoms with Gasteiger partial charge in [-0.3, -0.25) is 10.1 Å². The Kier molecular flexibility index (Phi) is 3.63. The third-order valence-corrected chi connectivity index (χ3v) is 4.18. The first-order chi connectivity index (χ1) is 8.06. The van der Waals surface area contributed by atoms with E-state index >= 15 is 0 Å². The molecule has 0 bridgehead atoms. The van der Waals surface area contributed by atoms with Crippen LogP contribution in [-0.2, 0) is 6.42 Å². The Labute approximate surface area is 103 Å². The molecular weight excluding hydrogens is 243 g/mol. The molecule has 0 radical (unpaired) electrons. The van der Waals surface area contributed by atoms with Crippen LogP contribution in [0.1, 0.15) is 5.56 Å². The quantitative estimate of drug-likeness (QED) is 0.663. The number of rotatable bonds is 3. The van der Waals surface area contributed by atoms with E-state index < -0.39 is 10.7 Å². The van der Waals surface area contributed by atoms with Crippen molar-refractivity contribution in [3.63, 3.8) is 0 Å². The molecule has 2 rings (SSSR count). The van der Waals surface area contributed by atoms with Crippen molar-refractivity contribution in [1.29, 1.82) is 0 Å². The second kappa shape index (κ2) is 5.01. The first kappa shape index (κ1) is 12.3. The Balaban J connectivity index is 2.17. The summed E-state index contributed by atoms with van der Waals surface area (Å²) in [6.45, 7) is 0. The van der Waals surface area contributed by atoms with Crippen LogP contribution in [0.4, 0.5) is 10.1 Å². The summed E-state index contributed by atoms with van der Waals surface area (Å²) in [5.41, 5.74) is 6.37. The summed E-state index contributed by atoms with van der Waals surface area (Å²) in [5.74, 6) is 1.56. The van der Waals surface area contributed by atoms with E-state index in [0.29, 0.717) is 12.0 Å². The maximum absolute atomic E-state index is 13.2. The normalized spacial score (nSPS) is 23.9. The zero-order chi connectivity index (χ0) is 12.4. The highest BCUT2D eigenvalue weighted by molar-refractivity contribution is 7.99. The number of nitro benzene ring substituents is 1. The van der Waals surface area contributed by atoms with Gasteiger partial charge < -0.3 is 5.73 Å². The van der Waals surface area contributed by atoms with Crippen LogP contribution in [-0.4, -0.2) is 22.5 Å². The molecule has 1 saturated heterocycles. The van der Waals surface area contributed by atoms with Crippen molar-refractivity contribution < 1.29 is 9.31 Å². The van der Waals surface area contributed by atoms with Crippen LogP contribution in [0.15, 0.2) is 18.2 Å². The van der Waals surface area contributed by atoms with Crippen molar-refractivity contribution in [2.75, 3.05) is 11.5 Å². The minimum absolute atomic E-state index is 0.0994. The molecule has 0 aliphatic carbocycles. The van der Waals surface area contributed by atoms with Crippen molar-refractivity contribution in [1.82, 2.24) is 0 Å². The standard InChI is InChI=1S/C11H13FN2O2S/c12-9-2-7(3-10(4-9)14(15)16)1-8-5-17-6-11(8)13/h2-4,8,11H,1,5-6,13H2. The molecule has 1 fully saturated rings. The molecule has 1 aliphatic rings. The Morgan fingerprint density at radius 2 is 2.24 bits per heavy atom. The highest BCUT2D eigenvalue weighted by Crippen LogP contribution is 2.27. The molecule has 1 aromatic rings. The third kappa shape index (κ3) is 2.95. The smallest absolute Gasteiger partial charge is 0.272 e. The van der Waals surface area contributed by atoms with Gasteiger partial charge in [-0.1, -0.05) is 0 Å². The van der Waals surface area contributed by atoms with Crippen LogP contribution in [0.5, 0.6) is 0 Å². The van der Waals surface area contributed by atoms with Crippen molar-refractivity contribution in [2.45, 2.75) is 12.5 Å². The van der Waals surface area contributed by atoms with Gasteiger partial charge in [0.25, 0.3) is 5.69 Å². The summed E-state index contributed by atoms with van der Waals surface area (Å²) in [6.07, 6.45) is 0.604. The number of nitrogens with zero attached hydrogens (tertiary/aromatic N) is 1. The zero-order valence-electron chi connectivity index (χ0n) is 9.14. The van der Waals surface area contributed by atoms with Gasteiger partial charge in [-0.05, 0) is 29.7 Å². The second-order valence-electron chi connectivity index (χ2n) is 4.24. The van der Waals surface area contributed by atoms with E-state index in [0.717, 1.165) is 17.6 Å². The van der Waals surface area contributed by atoms with Gasteiger partial charge >= 0.3 is 0 Å². The van der Waals surface area contributed by atoms with E-state index in [2.05, 4.69) is 0 Å². The highest BCUT2D eigenvalue weighted by Gasteiger charge is 2.25. The molecule has 0 amide bonds. The first-order valence-electron chi connectivity index (χ1n) is 5.33. The molecule has 1 aromatic carbocycles. The molecule has 0 spiro atoms. The summed E-state index contributed by atoms with van der Waals surface area (Å²) in [6, 6.07) is 3.82. The van der Waals surface area contributed by atoms with Crippen molar-refractivity contribution >= 4 is 17.4 Å². The van der Waals surface area contributed by atoms with Gasteiger partial charge in [0.2, 0.25) is 0 Å². The Hall–Kier alpha value is -1.14. The van der Waals surface area contributed by atoms with Gasteiger partial charge in [0.1, 0.15) is 5.82 Å². The van der Waals surface area contributed by atoms with Gasteiger partial charge in [-0.15, -0.1) is 0 Å². The summed E-state index contributed by atoms with van der Waals surface area (Å²) in [4.78, 5) is 10.0. The summed E-state index contributed by atoms with van der Waals surface area (Å²) in [7, 11) is 0. The summed E-state index contributed by atoms with van der Waals surface area (Å²) in [5, 5.41) is 10.6. The minimum Gasteiger partial charge on any atom is -0.327 e. The predicted octanol–water partition coefficient (Wildman–Crippen LogP) is 1.97. The number of halogens is 1. The molecule has 2 N–H and O–H groups in total. The fourth-order valence-electron chi connectivity index (χ4n) is 1.98. The molecule has 2 atom stereocenters. The average molecular weight is 256 g/mol. The van der Waals surface area contributed by atoms with Crippen molar-refractivity contribution in [3.8, 4) is 0 Å². The third-order valence-electron chi connectivity index (χ3n) is 2.90. The first-order valence-corrected chi connectivity index (χ1v) is 6.49. The molecule has 17 heavy (non-hydrogen) atoms. The predicted molar refractivity (Wildman–Crippen MR) is 65.5 cm³/mol. The molecule has 6 heteroatoms. The number of hydrogen-bond donors (Lipinski definition) is 1. The molecule has 92 valence electrons. The van der Waals surface area contributed by atoms with Gasteiger partial charge in [-0.2, -0.15) is 11.8 Å². The van der Waals surface area contributed by atoms with E-state index in [4.69, 9.17) is 5.73 Å². The van der Waals surface area contributed by atoms with Crippen LogP contribution in [0.2, 0.25) is 0 Å². The highest BCUT2D eigenvalue weighted by atomic mass is 32.2. The second-order valence-corrected chi connectivity index (χ2v) is 5.32. The number of non-ortho nitro benzene ring substituents is 1. The topological polar surface area (TPSA) is 69.2 Å². The molecule has 0 aromatic heterocycles. The van der Waals surface area contributed by atoms with Gasteiger partial charge in [0.15, 0.2) is 0 Å². The number of hydrogen-bond acceptors (Lipinski definition) is 4. The largest absolute Gasteiger partial charge is 0.327 e. The molecule has 1 heterocycles. The number of benzene rings is 1. The number of nitro groups is 1. The Bertz CT molecular complexity index is 441. The molecule has 0 saturated carbocycles. The van der Waals surface area contributed by atoms with Crippen molar-refractivity contribution in [2.24, 2.45) is 11.7 Å². The fourth-order valence-corrected chi connectivity index (χ4v) is 3.33. The summed E-state index contributed by atoms with van der Waals surface area (Å²) >= 11 is 1.77. The van der Waals surface area contributed by atoms with Crippen LogP contribution in [0, 0.1) is 21.8 Å². The van der Waals surface area contributed by atoms with Gasteiger partial charge in [-0.25, -0.2) is 4.39 Å². The van der Waals surface area contributed by atoms with Crippen LogP contribution < -0.4 is 5.73 Å². The van der Waals surface area contributed by atoms with E-state index in [9.17, 15) is 14.5 Å². The van der Waals surface area contributed by atoms with Crippen molar-refractivity contribution in [3.05, 3.63) is 39.7 Å². The van der Waals surface area contributed by atoms with E-state index in [1.807, 2.05) is 0 Å². The lowest BCUT2D eigenvalue weighted by molar-refractivity contribution is -0.385. The molecule has 4 nitrogen and oxygen atoms in total. The maximum atomic E-state index is 13.2. The SMILES string of the molecule is NC1CSCC1Cc1cc(F)cc([N+](=O)[O-])c1. The average Bonchev–Trinajstić information content (AvgIpc) is 2.63.